The lowest BCUT2D eigenvalue weighted by atomic mass is 10.1. The highest BCUT2D eigenvalue weighted by Crippen LogP contribution is 2.34. The number of hydrogen-bond acceptors (Lipinski definition) is 5. The molecule has 120 valence electrons. The summed E-state index contributed by atoms with van der Waals surface area (Å²) in [6, 6.07) is 8.00. The monoisotopic (exact) mass is 358 g/mol. The van der Waals surface area contributed by atoms with Crippen LogP contribution >= 0.6 is 22.7 Å². The Morgan fingerprint density at radius 2 is 2.17 bits per heavy atom. The summed E-state index contributed by atoms with van der Waals surface area (Å²) >= 11 is 2.69. The zero-order valence-electron chi connectivity index (χ0n) is 12.5. The molecule has 4 nitrogen and oxygen atoms in total. The molecule has 0 spiro atoms. The number of rotatable bonds is 3. The molecule has 0 saturated carbocycles. The van der Waals surface area contributed by atoms with Gasteiger partial charge in [0.15, 0.2) is 10.9 Å². The van der Waals surface area contributed by atoms with Gasteiger partial charge in [-0.15, -0.1) is 22.7 Å². The molecule has 0 atom stereocenters. The van der Waals surface area contributed by atoms with E-state index in [1.165, 1.54) is 34.8 Å². The predicted octanol–water partition coefficient (Wildman–Crippen LogP) is 5.32. The van der Waals surface area contributed by atoms with Gasteiger partial charge >= 0.3 is 0 Å². The number of benzene rings is 1. The van der Waals surface area contributed by atoms with Gasteiger partial charge in [0.05, 0.1) is 4.88 Å². The molecule has 0 unspecified atom stereocenters. The third kappa shape index (κ3) is 2.61. The third-order valence-electron chi connectivity index (χ3n) is 3.60. The first-order valence-corrected chi connectivity index (χ1v) is 8.87. The summed E-state index contributed by atoms with van der Waals surface area (Å²) in [5.41, 5.74) is 2.06. The molecule has 0 saturated heterocycles. The van der Waals surface area contributed by atoms with E-state index < -0.39 is 0 Å². The van der Waals surface area contributed by atoms with E-state index in [9.17, 15) is 9.18 Å². The minimum atomic E-state index is -0.305. The molecule has 0 radical (unpaired) electrons. The fraction of sp³-hybridized carbons (Fsp3) is 0.0588. The van der Waals surface area contributed by atoms with E-state index in [0.717, 1.165) is 10.9 Å². The van der Waals surface area contributed by atoms with Gasteiger partial charge in [0.2, 0.25) is 0 Å². The maximum Gasteiger partial charge on any atom is 0.267 e. The fourth-order valence-corrected chi connectivity index (χ4v) is 3.74. The van der Waals surface area contributed by atoms with Gasteiger partial charge in [-0.2, -0.15) is 0 Å². The van der Waals surface area contributed by atoms with Crippen LogP contribution in [0.15, 0.2) is 45.5 Å². The number of aryl methyl sites for hydroxylation is 1. The summed E-state index contributed by atoms with van der Waals surface area (Å²) in [5.74, 6) is 0.0953. The number of hydrogen-bond donors (Lipinski definition) is 1. The summed E-state index contributed by atoms with van der Waals surface area (Å²) in [7, 11) is 0. The van der Waals surface area contributed by atoms with Gasteiger partial charge in [-0.25, -0.2) is 9.37 Å². The lowest BCUT2D eigenvalue weighted by Crippen LogP contribution is -2.09. The number of amides is 1. The lowest BCUT2D eigenvalue weighted by Gasteiger charge is -1.97. The molecule has 0 aliphatic carbocycles. The SMILES string of the molecule is Cc1c(-c2csc(NC(=O)c3cccs3)n2)oc2ccc(F)cc12. The average molecular weight is 358 g/mol. The first-order valence-electron chi connectivity index (χ1n) is 7.11. The molecule has 3 aromatic heterocycles. The number of carbonyl (C=O) groups excluding carboxylic acids is 1. The molecule has 0 aliphatic rings. The van der Waals surface area contributed by atoms with E-state index in [1.54, 1.807) is 12.1 Å². The van der Waals surface area contributed by atoms with Crippen LogP contribution < -0.4 is 5.32 Å². The highest BCUT2D eigenvalue weighted by Gasteiger charge is 2.17. The van der Waals surface area contributed by atoms with E-state index in [0.29, 0.717) is 27.0 Å². The van der Waals surface area contributed by atoms with Crippen molar-refractivity contribution in [3.8, 4) is 11.5 Å². The Bertz CT molecular complexity index is 1030. The Kier molecular flexibility index (Phi) is 3.66. The minimum Gasteiger partial charge on any atom is -0.454 e. The van der Waals surface area contributed by atoms with Crippen molar-refractivity contribution in [1.82, 2.24) is 4.98 Å². The number of thiophene rings is 1. The van der Waals surface area contributed by atoms with Crippen LogP contribution in [0.1, 0.15) is 15.2 Å². The van der Waals surface area contributed by atoms with Crippen LogP contribution in [-0.2, 0) is 0 Å². The quantitative estimate of drug-likeness (QED) is 0.539. The van der Waals surface area contributed by atoms with Crippen molar-refractivity contribution in [2.75, 3.05) is 5.32 Å². The summed E-state index contributed by atoms with van der Waals surface area (Å²) in [5, 5.41) is 7.65. The van der Waals surface area contributed by atoms with Crippen LogP contribution in [0.4, 0.5) is 9.52 Å². The van der Waals surface area contributed by atoms with Crippen LogP contribution in [-0.4, -0.2) is 10.9 Å². The summed E-state index contributed by atoms with van der Waals surface area (Å²) in [6.07, 6.45) is 0. The molecule has 7 heteroatoms. The number of fused-ring (bicyclic) bond motifs is 1. The van der Waals surface area contributed by atoms with Gasteiger partial charge in [0, 0.05) is 16.3 Å². The van der Waals surface area contributed by atoms with Gasteiger partial charge in [0.1, 0.15) is 17.1 Å². The van der Waals surface area contributed by atoms with Gasteiger partial charge < -0.3 is 4.42 Å². The molecule has 1 N–H and O–H groups in total. The molecule has 4 aromatic rings. The topological polar surface area (TPSA) is 55.1 Å². The molecule has 0 bridgehead atoms. The minimum absolute atomic E-state index is 0.186. The lowest BCUT2D eigenvalue weighted by molar-refractivity contribution is 0.103. The van der Waals surface area contributed by atoms with Crippen molar-refractivity contribution in [2.24, 2.45) is 0 Å². The molecule has 24 heavy (non-hydrogen) atoms. The van der Waals surface area contributed by atoms with E-state index in [-0.39, 0.29) is 11.7 Å². The van der Waals surface area contributed by atoms with Gasteiger partial charge in [-0.05, 0) is 36.6 Å². The van der Waals surface area contributed by atoms with E-state index in [4.69, 9.17) is 4.42 Å². The number of halogens is 1. The highest BCUT2D eigenvalue weighted by molar-refractivity contribution is 7.14. The maximum atomic E-state index is 13.4. The van der Waals surface area contributed by atoms with Crippen LogP contribution in [0.3, 0.4) is 0 Å². The zero-order valence-corrected chi connectivity index (χ0v) is 14.1. The predicted molar refractivity (Wildman–Crippen MR) is 94.3 cm³/mol. The number of anilines is 1. The number of nitrogens with zero attached hydrogens (tertiary/aromatic N) is 1. The molecule has 0 fully saturated rings. The van der Waals surface area contributed by atoms with Gasteiger partial charge in [-0.3, -0.25) is 10.1 Å². The summed E-state index contributed by atoms with van der Waals surface area (Å²) in [4.78, 5) is 17.1. The average Bonchev–Trinajstić information content (AvgIpc) is 3.28. The van der Waals surface area contributed by atoms with E-state index in [1.807, 2.05) is 23.8 Å². The van der Waals surface area contributed by atoms with Crippen molar-refractivity contribution in [3.05, 3.63) is 57.3 Å². The van der Waals surface area contributed by atoms with Crippen molar-refractivity contribution in [1.29, 1.82) is 0 Å². The third-order valence-corrected chi connectivity index (χ3v) is 5.23. The molecule has 1 amide bonds. The number of nitrogens with one attached hydrogen (secondary N) is 1. The van der Waals surface area contributed by atoms with Crippen LogP contribution in [0.25, 0.3) is 22.4 Å². The normalized spacial score (nSPS) is 11.1. The van der Waals surface area contributed by atoms with Crippen LogP contribution in [0, 0.1) is 12.7 Å². The van der Waals surface area contributed by atoms with E-state index in [2.05, 4.69) is 10.3 Å². The summed E-state index contributed by atoms with van der Waals surface area (Å²) < 4.78 is 19.2. The Morgan fingerprint density at radius 1 is 1.29 bits per heavy atom. The second-order valence-electron chi connectivity index (χ2n) is 5.17. The molecule has 1 aromatic carbocycles. The second-order valence-corrected chi connectivity index (χ2v) is 6.97. The van der Waals surface area contributed by atoms with E-state index >= 15 is 0 Å². The molecular weight excluding hydrogens is 347 g/mol. The highest BCUT2D eigenvalue weighted by atomic mass is 32.1. The smallest absolute Gasteiger partial charge is 0.267 e. The Morgan fingerprint density at radius 3 is 2.96 bits per heavy atom. The first-order chi connectivity index (χ1) is 11.6. The maximum absolute atomic E-state index is 13.4. The number of aromatic nitrogens is 1. The summed E-state index contributed by atoms with van der Waals surface area (Å²) in [6.45, 7) is 1.86. The van der Waals surface area contributed by atoms with Crippen LogP contribution in [0.2, 0.25) is 0 Å². The Balaban J connectivity index is 1.65. The van der Waals surface area contributed by atoms with Crippen molar-refractivity contribution in [3.63, 3.8) is 0 Å². The van der Waals surface area contributed by atoms with Crippen molar-refractivity contribution in [2.45, 2.75) is 6.92 Å². The van der Waals surface area contributed by atoms with Gasteiger partial charge in [0.25, 0.3) is 5.91 Å². The van der Waals surface area contributed by atoms with Crippen molar-refractivity contribution >= 4 is 44.7 Å². The second kappa shape index (κ2) is 5.85. The Hall–Kier alpha value is -2.51. The Labute approximate surface area is 144 Å². The fourth-order valence-electron chi connectivity index (χ4n) is 2.44. The molecular formula is C17H11FN2O2S2. The number of furan rings is 1. The molecule has 3 heterocycles. The first kappa shape index (κ1) is 15.0. The molecule has 0 aliphatic heterocycles. The zero-order chi connectivity index (χ0) is 16.7. The van der Waals surface area contributed by atoms with Gasteiger partial charge in [-0.1, -0.05) is 6.07 Å². The molecule has 4 rings (SSSR count). The van der Waals surface area contributed by atoms with Crippen molar-refractivity contribution < 1.29 is 13.6 Å². The standard InChI is InChI=1S/C17H11FN2O2S2/c1-9-11-7-10(18)4-5-13(11)22-15(9)12-8-24-17(19-12)20-16(21)14-3-2-6-23-14/h2-8H,1H3,(H,19,20,21). The largest absolute Gasteiger partial charge is 0.454 e. The number of thiazole rings is 1. The number of carbonyl (C=O) groups is 1. The van der Waals surface area contributed by atoms with Crippen LogP contribution in [0.5, 0.6) is 0 Å².